The number of hydrogen-bond acceptors (Lipinski definition) is 6. The Balaban J connectivity index is 1.96. The number of hydrogen-bond donors (Lipinski definition) is 0. The van der Waals surface area contributed by atoms with E-state index in [1.54, 1.807) is 24.0 Å². The highest BCUT2D eigenvalue weighted by molar-refractivity contribution is 7.91. The Hall–Kier alpha value is -2.29. The fourth-order valence-electron chi connectivity index (χ4n) is 3.35. The van der Waals surface area contributed by atoms with Gasteiger partial charge in [0.05, 0.1) is 20.9 Å². The van der Waals surface area contributed by atoms with Gasteiger partial charge in [-0.1, -0.05) is 37.3 Å². The van der Waals surface area contributed by atoms with Crippen molar-refractivity contribution >= 4 is 42.4 Å². The quantitative estimate of drug-likeness (QED) is 0.478. The molecule has 3 aromatic rings. The number of sulfone groups is 1. The lowest BCUT2D eigenvalue weighted by Crippen LogP contribution is -2.33. The molecule has 6 nitrogen and oxygen atoms in total. The van der Waals surface area contributed by atoms with Gasteiger partial charge in [0, 0.05) is 12.1 Å². The number of thiazole rings is 1. The molecule has 0 saturated carbocycles. The zero-order valence-corrected chi connectivity index (χ0v) is 20.1. The second-order valence-corrected chi connectivity index (χ2v) is 10.9. The number of carbonyl (C=O) groups is 1. The van der Waals surface area contributed by atoms with E-state index >= 15 is 0 Å². The lowest BCUT2D eigenvalue weighted by Gasteiger charge is -2.21. The lowest BCUT2D eigenvalue weighted by molar-refractivity contribution is 0.0986. The van der Waals surface area contributed by atoms with Crippen molar-refractivity contribution in [3.05, 3.63) is 53.6 Å². The molecule has 0 saturated heterocycles. The monoisotopic (exact) mass is 459 g/mol. The van der Waals surface area contributed by atoms with Crippen LogP contribution in [0.25, 0.3) is 10.2 Å². The van der Waals surface area contributed by atoms with Gasteiger partial charge in [-0.25, -0.2) is 13.4 Å². The van der Waals surface area contributed by atoms with E-state index in [4.69, 9.17) is 4.98 Å². The molecule has 0 atom stereocenters. The van der Waals surface area contributed by atoms with Crippen molar-refractivity contribution in [2.75, 3.05) is 37.8 Å². The maximum atomic E-state index is 13.4. The first kappa shape index (κ1) is 23.4. The molecule has 0 fully saturated rings. The molecule has 1 amide bonds. The van der Waals surface area contributed by atoms with Crippen LogP contribution < -0.4 is 4.90 Å². The largest absolute Gasteiger partial charge is 0.309 e. The summed E-state index contributed by atoms with van der Waals surface area (Å²) in [6.45, 7) is 5.09. The molecule has 8 heteroatoms. The molecule has 0 bridgehead atoms. The van der Waals surface area contributed by atoms with Crippen molar-refractivity contribution in [1.82, 2.24) is 9.88 Å². The minimum absolute atomic E-state index is 0.0302. The maximum absolute atomic E-state index is 13.4. The van der Waals surface area contributed by atoms with Crippen LogP contribution in [-0.4, -0.2) is 57.1 Å². The zero-order valence-electron chi connectivity index (χ0n) is 18.5. The van der Waals surface area contributed by atoms with E-state index in [9.17, 15) is 13.2 Å². The zero-order chi connectivity index (χ0) is 22.6. The van der Waals surface area contributed by atoms with E-state index < -0.39 is 9.84 Å². The number of carbonyl (C=O) groups excluding carboxylic acids is 1. The van der Waals surface area contributed by atoms with Crippen molar-refractivity contribution in [1.29, 1.82) is 0 Å². The summed E-state index contributed by atoms with van der Waals surface area (Å²) >= 11 is 1.51. The van der Waals surface area contributed by atoms with Crippen LogP contribution >= 0.6 is 11.3 Å². The molecule has 0 radical (unpaired) electrons. The first-order chi connectivity index (χ1) is 14.8. The van der Waals surface area contributed by atoms with Gasteiger partial charge in [-0.3, -0.25) is 9.69 Å². The Morgan fingerprint density at radius 1 is 1.03 bits per heavy atom. The molecule has 1 aromatic heterocycles. The average Bonchev–Trinajstić information content (AvgIpc) is 3.20. The summed E-state index contributed by atoms with van der Waals surface area (Å²) in [6, 6.07) is 12.3. The minimum atomic E-state index is -3.30. The van der Waals surface area contributed by atoms with Gasteiger partial charge in [0.1, 0.15) is 0 Å². The van der Waals surface area contributed by atoms with Gasteiger partial charge in [0.15, 0.2) is 15.0 Å². The average molecular weight is 460 g/mol. The van der Waals surface area contributed by atoms with E-state index in [1.165, 1.54) is 23.5 Å². The molecule has 0 aliphatic rings. The van der Waals surface area contributed by atoms with Crippen molar-refractivity contribution in [3.8, 4) is 0 Å². The molecule has 0 aliphatic heterocycles. The third-order valence-electron chi connectivity index (χ3n) is 5.18. The summed E-state index contributed by atoms with van der Waals surface area (Å²) < 4.78 is 25.2. The van der Waals surface area contributed by atoms with E-state index in [-0.39, 0.29) is 16.6 Å². The molecule has 166 valence electrons. The summed E-state index contributed by atoms with van der Waals surface area (Å²) in [4.78, 5) is 22.3. The molecule has 0 N–H and O–H groups in total. The molecule has 0 aliphatic carbocycles. The number of para-hydroxylation sites is 1. The first-order valence-electron chi connectivity index (χ1n) is 10.4. The van der Waals surface area contributed by atoms with Crippen molar-refractivity contribution in [2.24, 2.45) is 0 Å². The predicted molar refractivity (Wildman–Crippen MR) is 128 cm³/mol. The van der Waals surface area contributed by atoms with Crippen LogP contribution in [0.4, 0.5) is 5.13 Å². The van der Waals surface area contributed by atoms with Crippen LogP contribution in [0.1, 0.15) is 36.2 Å². The van der Waals surface area contributed by atoms with Crippen molar-refractivity contribution in [2.45, 2.75) is 31.6 Å². The third kappa shape index (κ3) is 5.31. The number of aryl methyl sites for hydroxylation is 1. The van der Waals surface area contributed by atoms with Crippen LogP contribution in [0.2, 0.25) is 0 Å². The normalized spacial score (nSPS) is 11.9. The van der Waals surface area contributed by atoms with E-state index in [0.29, 0.717) is 17.2 Å². The van der Waals surface area contributed by atoms with Crippen molar-refractivity contribution in [3.63, 3.8) is 0 Å². The Kier molecular flexibility index (Phi) is 7.46. The van der Waals surface area contributed by atoms with Crippen LogP contribution in [0, 0.1) is 0 Å². The summed E-state index contributed by atoms with van der Waals surface area (Å²) in [5, 5.41) is 0.671. The predicted octanol–water partition coefficient (Wildman–Crippen LogP) is 4.25. The maximum Gasteiger partial charge on any atom is 0.260 e. The van der Waals surface area contributed by atoms with E-state index in [1.807, 2.05) is 26.2 Å². The molecule has 31 heavy (non-hydrogen) atoms. The second kappa shape index (κ2) is 9.89. The number of benzene rings is 2. The highest BCUT2D eigenvalue weighted by atomic mass is 32.2. The number of nitrogens with zero attached hydrogens (tertiary/aromatic N) is 3. The molecule has 3 rings (SSSR count). The summed E-state index contributed by atoms with van der Waals surface area (Å²) in [6.07, 6.45) is 1.68. The van der Waals surface area contributed by atoms with Gasteiger partial charge in [0.2, 0.25) is 0 Å². The fourth-order valence-corrected chi connectivity index (χ4v) is 5.27. The highest BCUT2D eigenvalue weighted by Gasteiger charge is 2.22. The Morgan fingerprint density at radius 2 is 1.74 bits per heavy atom. The fraction of sp³-hybridized carbons (Fsp3) is 0.391. The molecular weight excluding hydrogens is 430 g/mol. The van der Waals surface area contributed by atoms with Crippen LogP contribution in [0.5, 0.6) is 0 Å². The number of rotatable bonds is 9. The van der Waals surface area contributed by atoms with Gasteiger partial charge in [-0.05, 0) is 69.4 Å². The molecule has 0 spiro atoms. The SMILES string of the molecule is CCc1cccc2sc(N(CCCN(C)C)C(=O)c3ccc(S(=O)(=O)CC)cc3)nc12. The van der Waals surface area contributed by atoms with Crippen LogP contribution in [0.15, 0.2) is 47.4 Å². The molecule has 0 unspecified atom stereocenters. The van der Waals surface area contributed by atoms with E-state index in [0.717, 1.165) is 35.2 Å². The third-order valence-corrected chi connectivity index (χ3v) is 7.97. The second-order valence-electron chi connectivity index (χ2n) is 7.66. The highest BCUT2D eigenvalue weighted by Crippen LogP contribution is 2.32. The van der Waals surface area contributed by atoms with Gasteiger partial charge < -0.3 is 4.90 Å². The molecular formula is C23H29N3O3S2. The summed E-state index contributed by atoms with van der Waals surface area (Å²) in [5.74, 6) is -0.140. The number of fused-ring (bicyclic) bond motifs is 1. The van der Waals surface area contributed by atoms with Gasteiger partial charge in [-0.15, -0.1) is 0 Å². The summed E-state index contributed by atoms with van der Waals surface area (Å²) in [7, 11) is 0.706. The Morgan fingerprint density at radius 3 is 2.35 bits per heavy atom. The van der Waals surface area contributed by atoms with E-state index in [2.05, 4.69) is 17.9 Å². The number of anilines is 1. The number of aromatic nitrogens is 1. The van der Waals surface area contributed by atoms with Crippen LogP contribution in [0.3, 0.4) is 0 Å². The summed E-state index contributed by atoms with van der Waals surface area (Å²) in [5.41, 5.74) is 2.56. The standard InChI is InChI=1S/C23H29N3O3S2/c1-5-17-9-7-10-20-21(17)24-23(30-20)26(16-8-15-25(3)4)22(27)18-11-13-19(14-12-18)31(28,29)6-2/h7,9-14H,5-6,8,15-16H2,1-4H3. The van der Waals surface area contributed by atoms with Crippen molar-refractivity contribution < 1.29 is 13.2 Å². The first-order valence-corrected chi connectivity index (χ1v) is 12.9. The van der Waals surface area contributed by atoms with Gasteiger partial charge >= 0.3 is 0 Å². The van der Waals surface area contributed by atoms with Crippen LogP contribution in [-0.2, 0) is 16.3 Å². The molecule has 1 heterocycles. The van der Waals surface area contributed by atoms with Gasteiger partial charge in [0.25, 0.3) is 5.91 Å². The lowest BCUT2D eigenvalue weighted by atomic mass is 10.1. The topological polar surface area (TPSA) is 70.6 Å². The Bertz CT molecular complexity index is 1150. The smallest absolute Gasteiger partial charge is 0.260 e. The molecule has 2 aromatic carbocycles. The van der Waals surface area contributed by atoms with Gasteiger partial charge in [-0.2, -0.15) is 0 Å². The minimum Gasteiger partial charge on any atom is -0.309 e. The Labute approximate surface area is 188 Å². The number of amides is 1.